The van der Waals surface area contributed by atoms with E-state index in [9.17, 15) is 9.18 Å². The highest BCUT2D eigenvalue weighted by Gasteiger charge is 2.02. The van der Waals surface area contributed by atoms with E-state index in [1.54, 1.807) is 18.2 Å². The summed E-state index contributed by atoms with van der Waals surface area (Å²) in [5.41, 5.74) is 1.29. The largest absolute Gasteiger partial charge is 0.489 e. The fourth-order valence-electron chi connectivity index (χ4n) is 1.60. The number of carboxylic acid groups (broad SMARTS) is 1. The first-order valence-electron chi connectivity index (χ1n) is 5.97. The highest BCUT2D eigenvalue weighted by molar-refractivity contribution is 9.10. The number of carbonyl (C=O) groups is 1. The number of carboxylic acids is 1. The number of rotatable bonds is 5. The lowest BCUT2D eigenvalue weighted by molar-refractivity contribution is -0.131. The first kappa shape index (κ1) is 15.2. The molecule has 6 heteroatoms. The molecular formula is C15H11BrFNO3. The summed E-state index contributed by atoms with van der Waals surface area (Å²) in [6.45, 7) is 0.175. The van der Waals surface area contributed by atoms with Gasteiger partial charge >= 0.3 is 5.97 Å². The molecule has 0 unspecified atom stereocenters. The van der Waals surface area contributed by atoms with Crippen LogP contribution >= 0.6 is 15.9 Å². The van der Waals surface area contributed by atoms with Crippen molar-refractivity contribution in [3.8, 4) is 5.75 Å². The van der Waals surface area contributed by atoms with Gasteiger partial charge in [-0.3, -0.25) is 4.98 Å². The number of hydrogen-bond donors (Lipinski definition) is 1. The molecule has 0 saturated heterocycles. The highest BCUT2D eigenvalue weighted by atomic mass is 79.9. The summed E-state index contributed by atoms with van der Waals surface area (Å²) >= 11 is 3.33. The van der Waals surface area contributed by atoms with Gasteiger partial charge in [0, 0.05) is 22.3 Å². The number of halogens is 2. The molecule has 2 aromatic rings. The molecule has 2 rings (SSSR count). The first-order valence-corrected chi connectivity index (χ1v) is 6.76. The van der Waals surface area contributed by atoms with Crippen LogP contribution in [0.25, 0.3) is 6.08 Å². The number of aliphatic carboxylic acids is 1. The summed E-state index contributed by atoms with van der Waals surface area (Å²) in [6.07, 6.45) is 5.15. The SMILES string of the molecule is O=C(O)/C=C/c1cc(OCc2cncc(F)c2)ccc1Br. The summed E-state index contributed by atoms with van der Waals surface area (Å²) < 4.78 is 19.3. The second kappa shape index (κ2) is 6.99. The van der Waals surface area contributed by atoms with E-state index in [0.29, 0.717) is 16.9 Å². The molecule has 1 N–H and O–H groups in total. The molecule has 0 bridgehead atoms. The van der Waals surface area contributed by atoms with E-state index in [2.05, 4.69) is 20.9 Å². The van der Waals surface area contributed by atoms with E-state index in [1.807, 2.05) is 0 Å². The minimum Gasteiger partial charge on any atom is -0.489 e. The quantitative estimate of drug-likeness (QED) is 0.835. The second-order valence-electron chi connectivity index (χ2n) is 4.15. The monoisotopic (exact) mass is 351 g/mol. The molecule has 0 aliphatic heterocycles. The standard InChI is InChI=1S/C15H11BrFNO3/c16-14-3-2-13(6-11(14)1-4-15(19)20)21-9-10-5-12(17)8-18-7-10/h1-8H,9H2,(H,19,20)/b4-1+. The van der Waals surface area contributed by atoms with Crippen LogP contribution in [-0.2, 0) is 11.4 Å². The van der Waals surface area contributed by atoms with E-state index in [-0.39, 0.29) is 6.61 Å². The van der Waals surface area contributed by atoms with Gasteiger partial charge in [0.25, 0.3) is 0 Å². The van der Waals surface area contributed by atoms with Gasteiger partial charge < -0.3 is 9.84 Å². The predicted molar refractivity (Wildman–Crippen MR) is 79.3 cm³/mol. The summed E-state index contributed by atoms with van der Waals surface area (Å²) in [5.74, 6) is -0.899. The molecule has 1 aromatic carbocycles. The Balaban J connectivity index is 2.10. The summed E-state index contributed by atoms with van der Waals surface area (Å²) in [6, 6.07) is 6.52. The summed E-state index contributed by atoms with van der Waals surface area (Å²) in [4.78, 5) is 14.3. The van der Waals surface area contributed by atoms with Crippen LogP contribution in [0.5, 0.6) is 5.75 Å². The molecule has 1 aromatic heterocycles. The van der Waals surface area contributed by atoms with E-state index in [0.717, 1.165) is 16.7 Å². The first-order chi connectivity index (χ1) is 10.0. The van der Waals surface area contributed by atoms with Crippen LogP contribution in [-0.4, -0.2) is 16.1 Å². The molecule has 0 aliphatic rings. The molecule has 0 fully saturated rings. The minimum absolute atomic E-state index is 0.175. The fourth-order valence-corrected chi connectivity index (χ4v) is 1.98. The number of aromatic nitrogens is 1. The molecular weight excluding hydrogens is 341 g/mol. The summed E-state index contributed by atoms with van der Waals surface area (Å²) in [7, 11) is 0. The third kappa shape index (κ3) is 4.68. The van der Waals surface area contributed by atoms with Crippen LogP contribution in [0, 0.1) is 5.82 Å². The minimum atomic E-state index is -1.03. The van der Waals surface area contributed by atoms with Crippen molar-refractivity contribution in [3.05, 3.63) is 64.2 Å². The molecule has 21 heavy (non-hydrogen) atoms. The lowest BCUT2D eigenvalue weighted by Gasteiger charge is -2.08. The third-order valence-electron chi connectivity index (χ3n) is 2.54. The highest BCUT2D eigenvalue weighted by Crippen LogP contribution is 2.24. The Labute approximate surface area is 129 Å². The van der Waals surface area contributed by atoms with Crippen molar-refractivity contribution in [1.29, 1.82) is 0 Å². The lowest BCUT2D eigenvalue weighted by atomic mass is 10.2. The van der Waals surface area contributed by atoms with Crippen molar-refractivity contribution >= 4 is 28.0 Å². The maximum atomic E-state index is 13.0. The normalized spacial score (nSPS) is 10.8. The van der Waals surface area contributed by atoms with Gasteiger partial charge in [-0.25, -0.2) is 9.18 Å². The van der Waals surface area contributed by atoms with Crippen molar-refractivity contribution in [2.75, 3.05) is 0 Å². The number of ether oxygens (including phenoxy) is 1. The zero-order chi connectivity index (χ0) is 15.2. The Morgan fingerprint density at radius 1 is 1.38 bits per heavy atom. The van der Waals surface area contributed by atoms with E-state index in [4.69, 9.17) is 9.84 Å². The van der Waals surface area contributed by atoms with Gasteiger partial charge in [0.15, 0.2) is 0 Å². The second-order valence-corrected chi connectivity index (χ2v) is 5.01. The molecule has 0 aliphatic carbocycles. The topological polar surface area (TPSA) is 59.4 Å². The van der Waals surface area contributed by atoms with Crippen LogP contribution in [0.15, 0.2) is 47.2 Å². The molecule has 108 valence electrons. The maximum absolute atomic E-state index is 13.0. The summed E-state index contributed by atoms with van der Waals surface area (Å²) in [5, 5.41) is 8.64. The van der Waals surface area contributed by atoms with Crippen LogP contribution in [0.4, 0.5) is 4.39 Å². The van der Waals surface area contributed by atoms with Gasteiger partial charge in [0.05, 0.1) is 6.20 Å². The number of pyridine rings is 1. The molecule has 1 heterocycles. The van der Waals surface area contributed by atoms with Gasteiger partial charge in [0.2, 0.25) is 0 Å². The van der Waals surface area contributed by atoms with Crippen molar-refractivity contribution in [2.45, 2.75) is 6.61 Å². The van der Waals surface area contributed by atoms with Crippen molar-refractivity contribution < 1.29 is 19.0 Å². The van der Waals surface area contributed by atoms with Gasteiger partial charge in [-0.05, 0) is 35.9 Å². The zero-order valence-corrected chi connectivity index (χ0v) is 12.4. The number of nitrogens with zero attached hydrogens (tertiary/aromatic N) is 1. The van der Waals surface area contributed by atoms with Gasteiger partial charge in [0.1, 0.15) is 18.2 Å². The van der Waals surface area contributed by atoms with Crippen molar-refractivity contribution in [2.24, 2.45) is 0 Å². The van der Waals surface area contributed by atoms with Crippen LogP contribution in [0.2, 0.25) is 0 Å². The number of hydrogen-bond acceptors (Lipinski definition) is 3. The molecule has 0 atom stereocenters. The Morgan fingerprint density at radius 2 is 2.19 bits per heavy atom. The van der Waals surface area contributed by atoms with Crippen LogP contribution in [0.3, 0.4) is 0 Å². The van der Waals surface area contributed by atoms with Crippen molar-refractivity contribution in [1.82, 2.24) is 4.98 Å². The Hall–Kier alpha value is -2.21. The van der Waals surface area contributed by atoms with Crippen LogP contribution in [0.1, 0.15) is 11.1 Å². The Morgan fingerprint density at radius 3 is 2.90 bits per heavy atom. The molecule has 0 radical (unpaired) electrons. The average molecular weight is 352 g/mol. The lowest BCUT2D eigenvalue weighted by Crippen LogP contribution is -1.97. The third-order valence-corrected chi connectivity index (χ3v) is 3.26. The molecule has 4 nitrogen and oxygen atoms in total. The molecule has 0 saturated carbocycles. The van der Waals surface area contributed by atoms with Gasteiger partial charge in [-0.2, -0.15) is 0 Å². The average Bonchev–Trinajstić information content (AvgIpc) is 2.45. The van der Waals surface area contributed by atoms with Crippen molar-refractivity contribution in [3.63, 3.8) is 0 Å². The Kier molecular flexibility index (Phi) is 5.05. The predicted octanol–water partition coefficient (Wildman–Crippen LogP) is 3.66. The van der Waals surface area contributed by atoms with Gasteiger partial charge in [-0.1, -0.05) is 15.9 Å². The van der Waals surface area contributed by atoms with E-state index < -0.39 is 11.8 Å². The Bertz CT molecular complexity index is 688. The fraction of sp³-hybridized carbons (Fsp3) is 0.0667. The van der Waals surface area contributed by atoms with Gasteiger partial charge in [-0.15, -0.1) is 0 Å². The van der Waals surface area contributed by atoms with E-state index in [1.165, 1.54) is 18.3 Å². The van der Waals surface area contributed by atoms with E-state index >= 15 is 0 Å². The zero-order valence-electron chi connectivity index (χ0n) is 10.8. The molecule has 0 spiro atoms. The molecule has 0 amide bonds. The number of benzene rings is 1. The smallest absolute Gasteiger partial charge is 0.328 e. The van der Waals surface area contributed by atoms with Crippen LogP contribution < -0.4 is 4.74 Å². The maximum Gasteiger partial charge on any atom is 0.328 e.